The Bertz CT molecular complexity index is 836. The maximum atomic E-state index is 12.8. The Morgan fingerprint density at radius 1 is 1.24 bits per heavy atom. The fraction of sp³-hybridized carbons (Fsp3) is 0.438. The highest BCUT2D eigenvalue weighted by Crippen LogP contribution is 2.25. The Morgan fingerprint density at radius 2 is 1.88 bits per heavy atom. The second-order valence-electron chi connectivity index (χ2n) is 6.04. The molecular formula is C16H20N4O4S. The molecule has 0 unspecified atom stereocenters. The molecule has 1 N–H and O–H groups in total. The molecule has 9 heteroatoms. The summed E-state index contributed by atoms with van der Waals surface area (Å²) >= 11 is 0. The minimum Gasteiger partial charge on any atom is -0.360 e. The number of amides is 1. The Labute approximate surface area is 146 Å². The summed E-state index contributed by atoms with van der Waals surface area (Å²) in [5.74, 6) is 0.125. The number of aromatic nitrogens is 2. The van der Waals surface area contributed by atoms with Crippen LogP contribution in [-0.4, -0.2) is 47.9 Å². The number of carbonyl (C=O) groups is 1. The van der Waals surface area contributed by atoms with E-state index in [1.807, 2.05) is 0 Å². The maximum absolute atomic E-state index is 12.8. The number of nitrogens with one attached hydrogen (secondary N) is 1. The monoisotopic (exact) mass is 364 g/mol. The highest BCUT2D eigenvalue weighted by atomic mass is 32.2. The van der Waals surface area contributed by atoms with E-state index in [0.717, 1.165) is 0 Å². The summed E-state index contributed by atoms with van der Waals surface area (Å²) < 4.78 is 31.9. The van der Waals surface area contributed by atoms with Gasteiger partial charge in [0, 0.05) is 37.1 Å². The standard InChI is InChI=1S/C16H20N4O4S/c1-11-15(12(2)24-19-11)25(22,23)20-9-5-14(6-10-20)18-16(21)13-3-7-17-8-4-13/h3-4,7-8,14H,5-6,9-10H2,1-2H3,(H,18,21). The van der Waals surface area contributed by atoms with E-state index in [1.54, 1.807) is 38.4 Å². The summed E-state index contributed by atoms with van der Waals surface area (Å²) in [5.41, 5.74) is 0.909. The first kappa shape index (κ1) is 17.6. The number of piperidine rings is 1. The van der Waals surface area contributed by atoms with Crippen LogP contribution in [0.2, 0.25) is 0 Å². The van der Waals surface area contributed by atoms with Gasteiger partial charge in [-0.05, 0) is 38.8 Å². The fourth-order valence-electron chi connectivity index (χ4n) is 2.98. The second-order valence-corrected chi connectivity index (χ2v) is 7.92. The number of hydrogen-bond donors (Lipinski definition) is 1. The molecule has 0 saturated carbocycles. The minimum atomic E-state index is -3.63. The number of pyridine rings is 1. The summed E-state index contributed by atoms with van der Waals surface area (Å²) in [6.45, 7) is 3.89. The molecule has 2 aromatic rings. The zero-order valence-electron chi connectivity index (χ0n) is 14.1. The number of hydrogen-bond acceptors (Lipinski definition) is 6. The lowest BCUT2D eigenvalue weighted by Gasteiger charge is -2.31. The molecule has 3 heterocycles. The Balaban J connectivity index is 1.63. The molecule has 3 rings (SSSR count). The number of sulfonamides is 1. The lowest BCUT2D eigenvalue weighted by atomic mass is 10.1. The van der Waals surface area contributed by atoms with Crippen LogP contribution < -0.4 is 5.32 Å². The van der Waals surface area contributed by atoms with Crippen molar-refractivity contribution in [3.05, 3.63) is 41.5 Å². The third-order valence-corrected chi connectivity index (χ3v) is 6.44. The van der Waals surface area contributed by atoms with Crippen LogP contribution in [0.5, 0.6) is 0 Å². The van der Waals surface area contributed by atoms with Crippen LogP contribution in [0.25, 0.3) is 0 Å². The van der Waals surface area contributed by atoms with Gasteiger partial charge in [0.2, 0.25) is 10.0 Å². The number of carbonyl (C=O) groups excluding carboxylic acids is 1. The lowest BCUT2D eigenvalue weighted by molar-refractivity contribution is 0.0923. The molecule has 1 saturated heterocycles. The molecule has 0 spiro atoms. The van der Waals surface area contributed by atoms with Gasteiger partial charge in [0.25, 0.3) is 5.91 Å². The van der Waals surface area contributed by atoms with Crippen LogP contribution in [0.3, 0.4) is 0 Å². The second kappa shape index (κ2) is 6.93. The van der Waals surface area contributed by atoms with Crippen molar-refractivity contribution in [1.29, 1.82) is 0 Å². The van der Waals surface area contributed by atoms with E-state index in [4.69, 9.17) is 4.52 Å². The molecule has 0 atom stereocenters. The predicted molar refractivity (Wildman–Crippen MR) is 89.5 cm³/mol. The predicted octanol–water partition coefficient (Wildman–Crippen LogP) is 1.27. The number of nitrogens with zero attached hydrogens (tertiary/aromatic N) is 3. The number of aryl methyl sites for hydroxylation is 2. The SMILES string of the molecule is Cc1noc(C)c1S(=O)(=O)N1CCC(NC(=O)c2ccncc2)CC1. The highest BCUT2D eigenvalue weighted by Gasteiger charge is 2.34. The van der Waals surface area contributed by atoms with Crippen molar-refractivity contribution in [1.82, 2.24) is 19.8 Å². The average molecular weight is 364 g/mol. The van der Waals surface area contributed by atoms with Crippen molar-refractivity contribution < 1.29 is 17.7 Å². The van der Waals surface area contributed by atoms with Gasteiger partial charge in [0.05, 0.1) is 0 Å². The molecule has 0 bridgehead atoms. The zero-order chi connectivity index (χ0) is 18.0. The number of rotatable bonds is 4. The molecule has 1 aliphatic rings. The maximum Gasteiger partial charge on any atom is 0.251 e. The Morgan fingerprint density at radius 3 is 2.44 bits per heavy atom. The zero-order valence-corrected chi connectivity index (χ0v) is 14.9. The van der Waals surface area contributed by atoms with Gasteiger partial charge < -0.3 is 9.84 Å². The van der Waals surface area contributed by atoms with Gasteiger partial charge in [-0.25, -0.2) is 8.42 Å². The third kappa shape index (κ3) is 3.57. The first-order valence-corrected chi connectivity index (χ1v) is 9.47. The van der Waals surface area contributed by atoms with E-state index >= 15 is 0 Å². The smallest absolute Gasteiger partial charge is 0.251 e. The molecule has 0 radical (unpaired) electrons. The van der Waals surface area contributed by atoms with Gasteiger partial charge in [-0.15, -0.1) is 0 Å². The van der Waals surface area contributed by atoms with Gasteiger partial charge in [-0.1, -0.05) is 5.16 Å². The van der Waals surface area contributed by atoms with Crippen LogP contribution in [0.15, 0.2) is 33.9 Å². The Hall–Kier alpha value is -2.26. The first-order chi connectivity index (χ1) is 11.9. The van der Waals surface area contributed by atoms with E-state index in [1.165, 1.54) is 4.31 Å². The summed E-state index contributed by atoms with van der Waals surface area (Å²) in [7, 11) is -3.63. The summed E-state index contributed by atoms with van der Waals surface area (Å²) in [6.07, 6.45) is 4.24. The van der Waals surface area contributed by atoms with Crippen molar-refractivity contribution in [2.24, 2.45) is 0 Å². The summed E-state index contributed by atoms with van der Waals surface area (Å²) in [5, 5.41) is 6.67. The van der Waals surface area contributed by atoms with Crippen LogP contribution in [0.1, 0.15) is 34.7 Å². The fourth-order valence-corrected chi connectivity index (χ4v) is 4.75. The normalized spacial score (nSPS) is 16.7. The van der Waals surface area contributed by atoms with Gasteiger partial charge in [0.15, 0.2) is 5.76 Å². The van der Waals surface area contributed by atoms with Gasteiger partial charge in [-0.3, -0.25) is 9.78 Å². The molecule has 1 fully saturated rings. The quantitative estimate of drug-likeness (QED) is 0.876. The lowest BCUT2D eigenvalue weighted by Crippen LogP contribution is -2.46. The summed E-state index contributed by atoms with van der Waals surface area (Å²) in [6, 6.07) is 3.23. The highest BCUT2D eigenvalue weighted by molar-refractivity contribution is 7.89. The van der Waals surface area contributed by atoms with E-state index in [9.17, 15) is 13.2 Å². The van der Waals surface area contributed by atoms with E-state index in [-0.39, 0.29) is 16.8 Å². The van der Waals surface area contributed by atoms with Crippen molar-refractivity contribution in [3.8, 4) is 0 Å². The van der Waals surface area contributed by atoms with Crippen molar-refractivity contribution >= 4 is 15.9 Å². The molecule has 0 aliphatic carbocycles. The van der Waals surface area contributed by atoms with Crippen LogP contribution in [0.4, 0.5) is 0 Å². The molecular weight excluding hydrogens is 344 g/mol. The van der Waals surface area contributed by atoms with Crippen LogP contribution >= 0.6 is 0 Å². The van der Waals surface area contributed by atoms with Crippen molar-refractivity contribution in [2.45, 2.75) is 37.6 Å². The average Bonchev–Trinajstić information content (AvgIpc) is 2.95. The van der Waals surface area contributed by atoms with Crippen molar-refractivity contribution in [3.63, 3.8) is 0 Å². The first-order valence-electron chi connectivity index (χ1n) is 8.03. The third-order valence-electron chi connectivity index (χ3n) is 4.30. The molecule has 8 nitrogen and oxygen atoms in total. The molecule has 2 aromatic heterocycles. The molecule has 1 aliphatic heterocycles. The summed E-state index contributed by atoms with van der Waals surface area (Å²) in [4.78, 5) is 16.2. The molecule has 25 heavy (non-hydrogen) atoms. The molecule has 134 valence electrons. The topological polar surface area (TPSA) is 105 Å². The van der Waals surface area contributed by atoms with E-state index < -0.39 is 10.0 Å². The van der Waals surface area contributed by atoms with E-state index in [0.29, 0.717) is 42.9 Å². The van der Waals surface area contributed by atoms with Crippen molar-refractivity contribution in [2.75, 3.05) is 13.1 Å². The van der Waals surface area contributed by atoms with E-state index in [2.05, 4.69) is 15.5 Å². The molecule has 1 amide bonds. The van der Waals surface area contributed by atoms with Crippen LogP contribution in [-0.2, 0) is 10.0 Å². The van der Waals surface area contributed by atoms with Gasteiger partial charge >= 0.3 is 0 Å². The minimum absolute atomic E-state index is 0.0585. The van der Waals surface area contributed by atoms with Gasteiger partial charge in [-0.2, -0.15) is 4.31 Å². The van der Waals surface area contributed by atoms with Gasteiger partial charge in [0.1, 0.15) is 10.6 Å². The molecule has 0 aromatic carbocycles. The largest absolute Gasteiger partial charge is 0.360 e. The Kier molecular flexibility index (Phi) is 4.87. The van der Waals surface area contributed by atoms with Crippen LogP contribution in [0, 0.1) is 13.8 Å².